The number of carbonyl (C=O) groups is 2. The van der Waals surface area contributed by atoms with Gasteiger partial charge in [0.15, 0.2) is 5.17 Å². The van der Waals surface area contributed by atoms with Gasteiger partial charge in [-0.15, -0.1) is 0 Å². The number of hydrogen-bond donors (Lipinski definition) is 1. The zero-order valence-corrected chi connectivity index (χ0v) is 24.3. The number of amidine groups is 1. The molecule has 4 aromatic carbocycles. The first-order chi connectivity index (χ1) is 19.9. The molecule has 0 radical (unpaired) electrons. The fraction of sp³-hybridized carbons (Fsp3) is 0.0938. The van der Waals surface area contributed by atoms with Crippen molar-refractivity contribution < 1.29 is 14.3 Å². The Hall–Kier alpha value is -4.04. The lowest BCUT2D eigenvalue weighted by molar-refractivity contribution is -0.114. The van der Waals surface area contributed by atoms with Crippen molar-refractivity contribution in [2.75, 3.05) is 16.0 Å². The van der Waals surface area contributed by atoms with Crippen LogP contribution in [-0.4, -0.2) is 22.7 Å². The Morgan fingerprint density at radius 3 is 2.41 bits per heavy atom. The predicted molar refractivity (Wildman–Crippen MR) is 169 cm³/mol. The third-order valence-electron chi connectivity index (χ3n) is 6.11. The average Bonchev–Trinajstić information content (AvgIpc) is 3.29. The zero-order valence-electron chi connectivity index (χ0n) is 22.0. The molecule has 0 saturated carbocycles. The number of anilines is 2. The van der Waals surface area contributed by atoms with E-state index in [0.717, 1.165) is 11.1 Å². The highest BCUT2D eigenvalue weighted by Gasteiger charge is 2.32. The summed E-state index contributed by atoms with van der Waals surface area (Å²) in [7, 11) is 0. The van der Waals surface area contributed by atoms with Crippen molar-refractivity contribution in [2.45, 2.75) is 13.5 Å². The molecule has 206 valence electrons. The molecule has 0 unspecified atom stereocenters. The molecule has 0 atom stereocenters. The molecule has 41 heavy (non-hydrogen) atoms. The molecule has 0 bridgehead atoms. The topological polar surface area (TPSA) is 71.0 Å². The quantitative estimate of drug-likeness (QED) is 0.208. The van der Waals surface area contributed by atoms with Crippen LogP contribution < -0.4 is 15.0 Å². The number of benzene rings is 4. The van der Waals surface area contributed by atoms with E-state index in [4.69, 9.17) is 27.9 Å². The maximum absolute atomic E-state index is 13.5. The van der Waals surface area contributed by atoms with E-state index in [9.17, 15) is 9.59 Å². The molecule has 0 aliphatic carbocycles. The van der Waals surface area contributed by atoms with Crippen LogP contribution in [0.2, 0.25) is 10.0 Å². The number of ether oxygens (including phenoxy) is 1. The monoisotopic (exact) mass is 601 g/mol. The molecule has 2 amide bonds. The van der Waals surface area contributed by atoms with Crippen LogP contribution in [0.25, 0.3) is 6.08 Å². The van der Waals surface area contributed by atoms with Crippen molar-refractivity contribution >= 4 is 69.4 Å². The second-order valence-electron chi connectivity index (χ2n) is 9.18. The summed E-state index contributed by atoms with van der Waals surface area (Å²) in [5, 5.41) is 4.00. The Morgan fingerprint density at radius 1 is 0.951 bits per heavy atom. The minimum Gasteiger partial charge on any atom is -0.489 e. The van der Waals surface area contributed by atoms with Crippen molar-refractivity contribution in [3.8, 4) is 5.75 Å². The molecule has 1 aliphatic heterocycles. The van der Waals surface area contributed by atoms with Crippen LogP contribution in [-0.2, 0) is 16.2 Å². The van der Waals surface area contributed by atoms with Crippen molar-refractivity contribution in [1.29, 1.82) is 0 Å². The van der Waals surface area contributed by atoms with Crippen molar-refractivity contribution in [1.82, 2.24) is 0 Å². The zero-order chi connectivity index (χ0) is 28.8. The lowest BCUT2D eigenvalue weighted by Gasteiger charge is -2.18. The summed E-state index contributed by atoms with van der Waals surface area (Å²) in [5.74, 6) is 0.195. The lowest BCUT2D eigenvalue weighted by atomic mass is 10.2. The molecule has 6 nitrogen and oxygen atoms in total. The summed E-state index contributed by atoms with van der Waals surface area (Å²) in [6, 6.07) is 29.8. The number of amides is 2. The second kappa shape index (κ2) is 13.1. The molecule has 0 aromatic heterocycles. The summed E-state index contributed by atoms with van der Waals surface area (Å²) in [6.07, 6.45) is 1.60. The van der Waals surface area contributed by atoms with Gasteiger partial charge < -0.3 is 10.1 Å². The van der Waals surface area contributed by atoms with E-state index in [1.54, 1.807) is 36.4 Å². The van der Waals surface area contributed by atoms with Gasteiger partial charge in [0.2, 0.25) is 5.91 Å². The first-order valence-electron chi connectivity index (χ1n) is 12.7. The lowest BCUT2D eigenvalue weighted by Crippen LogP contribution is -2.31. The molecular weight excluding hydrogens is 577 g/mol. The Morgan fingerprint density at radius 2 is 1.68 bits per heavy atom. The van der Waals surface area contributed by atoms with Gasteiger partial charge in [-0.05, 0) is 66.6 Å². The number of thioether (sulfide) groups is 1. The first kappa shape index (κ1) is 28.5. The summed E-state index contributed by atoms with van der Waals surface area (Å²) in [5.41, 5.74) is 4.20. The van der Waals surface area contributed by atoms with Crippen LogP contribution in [0.15, 0.2) is 108 Å². The second-order valence-corrected chi connectivity index (χ2v) is 10.9. The summed E-state index contributed by atoms with van der Waals surface area (Å²) in [6.45, 7) is 2.43. The van der Waals surface area contributed by atoms with Gasteiger partial charge >= 0.3 is 0 Å². The van der Waals surface area contributed by atoms with E-state index in [1.807, 2.05) is 73.7 Å². The van der Waals surface area contributed by atoms with Gasteiger partial charge in [0.05, 0.1) is 21.5 Å². The van der Waals surface area contributed by atoms with Crippen LogP contribution in [0.4, 0.5) is 11.4 Å². The number of rotatable bonds is 8. The molecule has 5 rings (SSSR count). The molecule has 0 fully saturated rings. The third-order valence-corrected chi connectivity index (χ3v) is 7.89. The Labute approximate surface area is 252 Å². The predicted octanol–water partition coefficient (Wildman–Crippen LogP) is 8.00. The van der Waals surface area contributed by atoms with Crippen molar-refractivity contribution in [3.05, 3.63) is 129 Å². The smallest absolute Gasteiger partial charge is 0.283 e. The SMILES string of the molecule is Cc1ccc(N2C(=O)/C(=C/c3cccc(Cl)c3Cl)N=C2SCC(=O)Nc2ccc(OCc3ccccc3)cc2)cc1. The maximum atomic E-state index is 13.5. The van der Waals surface area contributed by atoms with Crippen LogP contribution in [0.5, 0.6) is 5.75 Å². The molecule has 1 heterocycles. The third kappa shape index (κ3) is 7.19. The number of nitrogens with one attached hydrogen (secondary N) is 1. The normalized spacial score (nSPS) is 13.8. The van der Waals surface area contributed by atoms with E-state index < -0.39 is 0 Å². The summed E-state index contributed by atoms with van der Waals surface area (Å²) >= 11 is 13.7. The molecule has 0 saturated heterocycles. The van der Waals surface area contributed by atoms with Gasteiger partial charge in [0.1, 0.15) is 18.1 Å². The van der Waals surface area contributed by atoms with E-state index in [-0.39, 0.29) is 23.3 Å². The maximum Gasteiger partial charge on any atom is 0.283 e. The molecule has 9 heteroatoms. The highest BCUT2D eigenvalue weighted by Crippen LogP contribution is 2.32. The van der Waals surface area contributed by atoms with Crippen LogP contribution in [0, 0.1) is 6.92 Å². The minimum absolute atomic E-state index is 0.0476. The Balaban J connectivity index is 1.27. The van der Waals surface area contributed by atoms with E-state index >= 15 is 0 Å². The van der Waals surface area contributed by atoms with E-state index in [1.165, 1.54) is 16.7 Å². The highest BCUT2D eigenvalue weighted by molar-refractivity contribution is 8.14. The molecule has 1 aliphatic rings. The van der Waals surface area contributed by atoms with E-state index in [0.29, 0.717) is 44.5 Å². The number of carbonyl (C=O) groups excluding carboxylic acids is 2. The van der Waals surface area contributed by atoms with Gasteiger partial charge in [-0.2, -0.15) is 0 Å². The number of nitrogens with zero attached hydrogens (tertiary/aromatic N) is 2. The standard InChI is InChI=1S/C32H25Cl2N3O3S/c1-21-10-14-25(15-11-21)37-31(39)28(18-23-8-5-9-27(33)30(23)34)36-32(37)41-20-29(38)35-24-12-16-26(17-13-24)40-19-22-6-3-2-4-7-22/h2-18H,19-20H2,1H3,(H,35,38)/b28-18-. The largest absolute Gasteiger partial charge is 0.489 e. The fourth-order valence-corrected chi connectivity index (χ4v) is 5.17. The summed E-state index contributed by atoms with van der Waals surface area (Å²) < 4.78 is 5.81. The first-order valence-corrected chi connectivity index (χ1v) is 14.5. The molecular formula is C32H25Cl2N3O3S. The molecule has 0 spiro atoms. The van der Waals surface area contributed by atoms with Crippen molar-refractivity contribution in [2.24, 2.45) is 4.99 Å². The van der Waals surface area contributed by atoms with Gasteiger partial charge in [0, 0.05) is 5.69 Å². The number of hydrogen-bond acceptors (Lipinski definition) is 5. The highest BCUT2D eigenvalue weighted by atomic mass is 35.5. The van der Waals surface area contributed by atoms with Crippen molar-refractivity contribution in [3.63, 3.8) is 0 Å². The fourth-order valence-electron chi connectivity index (χ4n) is 4.00. The van der Waals surface area contributed by atoms with Crippen LogP contribution in [0.3, 0.4) is 0 Å². The minimum atomic E-state index is -0.320. The molecule has 1 N–H and O–H groups in total. The number of halogens is 2. The average molecular weight is 603 g/mol. The van der Waals surface area contributed by atoms with Gasteiger partial charge in [-0.1, -0.05) is 95.1 Å². The van der Waals surface area contributed by atoms with Crippen LogP contribution in [0.1, 0.15) is 16.7 Å². The van der Waals surface area contributed by atoms with Gasteiger partial charge in [0.25, 0.3) is 5.91 Å². The Kier molecular flexibility index (Phi) is 9.09. The van der Waals surface area contributed by atoms with Crippen LogP contribution >= 0.6 is 35.0 Å². The van der Waals surface area contributed by atoms with Gasteiger partial charge in [-0.3, -0.25) is 14.5 Å². The number of aryl methyl sites for hydroxylation is 1. The van der Waals surface area contributed by atoms with Gasteiger partial charge in [-0.25, -0.2) is 4.99 Å². The Bertz CT molecular complexity index is 1620. The summed E-state index contributed by atoms with van der Waals surface area (Å²) in [4.78, 5) is 32.3. The molecule has 4 aromatic rings. The van der Waals surface area contributed by atoms with E-state index in [2.05, 4.69) is 10.3 Å². The number of aliphatic imine (C=N–C) groups is 1.